The predicted molar refractivity (Wildman–Crippen MR) is 209 cm³/mol. The zero-order valence-electron chi connectivity index (χ0n) is 29.3. The van der Waals surface area contributed by atoms with Gasteiger partial charge in [0.05, 0.1) is 29.4 Å². The molecular formula is C43H35F2N3O5S. The van der Waals surface area contributed by atoms with Crippen molar-refractivity contribution in [3.05, 3.63) is 154 Å². The van der Waals surface area contributed by atoms with Crippen LogP contribution in [0.4, 0.5) is 14.5 Å². The van der Waals surface area contributed by atoms with Gasteiger partial charge in [0, 0.05) is 41.1 Å². The molecule has 0 atom stereocenters. The first-order valence-corrected chi connectivity index (χ1v) is 19.4. The molecule has 1 N–H and O–H groups in total. The fraction of sp³-hybridized carbons (Fsp3) is 0.163. The molecule has 7 aromatic rings. The van der Waals surface area contributed by atoms with Gasteiger partial charge >= 0.3 is 0 Å². The first-order chi connectivity index (χ1) is 26.1. The van der Waals surface area contributed by atoms with Crippen LogP contribution in [0.2, 0.25) is 0 Å². The van der Waals surface area contributed by atoms with Crippen LogP contribution in [-0.4, -0.2) is 56.8 Å². The van der Waals surface area contributed by atoms with Crippen LogP contribution in [0.25, 0.3) is 49.5 Å². The number of H-pyrrole nitrogens is 1. The Balaban J connectivity index is 1.19. The predicted octanol–water partition coefficient (Wildman–Crippen LogP) is 8.71. The topological polar surface area (TPSA) is 104 Å². The van der Waals surface area contributed by atoms with Crippen LogP contribution >= 0.6 is 0 Å². The van der Waals surface area contributed by atoms with Crippen LogP contribution in [-0.2, 0) is 10.0 Å². The molecule has 0 unspecified atom stereocenters. The number of alkyl halides is 1. The van der Waals surface area contributed by atoms with Crippen molar-refractivity contribution in [2.75, 3.05) is 36.9 Å². The molecule has 1 aliphatic heterocycles. The molecule has 1 aliphatic rings. The van der Waals surface area contributed by atoms with E-state index in [9.17, 15) is 26.8 Å². The second-order valence-electron chi connectivity index (χ2n) is 13.4. The van der Waals surface area contributed by atoms with E-state index < -0.39 is 34.6 Å². The minimum Gasteiger partial charge on any atom is -0.455 e. The van der Waals surface area contributed by atoms with Crippen LogP contribution < -0.4 is 9.86 Å². The number of aromatic nitrogens is 1. The van der Waals surface area contributed by atoms with E-state index in [4.69, 9.17) is 4.42 Å². The molecule has 0 bridgehead atoms. The third-order valence-electron chi connectivity index (χ3n) is 10.0. The van der Waals surface area contributed by atoms with Crippen molar-refractivity contribution in [1.29, 1.82) is 0 Å². The van der Waals surface area contributed by atoms with Crippen molar-refractivity contribution in [2.45, 2.75) is 12.8 Å². The Labute approximate surface area is 310 Å². The van der Waals surface area contributed by atoms with E-state index in [0.29, 0.717) is 53.4 Å². The molecule has 54 heavy (non-hydrogen) atoms. The van der Waals surface area contributed by atoms with Gasteiger partial charge in [-0.2, -0.15) is 0 Å². The summed E-state index contributed by atoms with van der Waals surface area (Å²) in [4.78, 5) is 32.0. The Kier molecular flexibility index (Phi) is 9.11. The second kappa shape index (κ2) is 14.1. The molecule has 8 rings (SSSR count). The zero-order chi connectivity index (χ0) is 37.6. The first kappa shape index (κ1) is 35.0. The lowest BCUT2D eigenvalue weighted by Gasteiger charge is -2.30. The summed E-state index contributed by atoms with van der Waals surface area (Å²) >= 11 is 0. The number of nitrogens with zero attached hydrogens (tertiary/aromatic N) is 2. The van der Waals surface area contributed by atoms with Gasteiger partial charge in [-0.3, -0.25) is 13.9 Å². The van der Waals surface area contributed by atoms with Crippen molar-refractivity contribution in [3.63, 3.8) is 0 Å². The standard InChI is InChI=1S/C43H35F2N3O5S/c1-54(51,52)48(22-19-44)37-26-38-35(40-41(53-38)33-16-15-32(45)24-36(33)46-42(40)49)25-34(37)30-13-8-14-31(23-30)43(50)47-20-17-29(18-21-47)39(27-9-4-2-5-10-27)28-11-6-3-7-12-28/h2-16,23-26H,17-22H2,1H3,(H,46,49). The summed E-state index contributed by atoms with van der Waals surface area (Å²) in [5, 5.41) is 1.04. The first-order valence-electron chi connectivity index (χ1n) is 17.6. The number of carbonyl (C=O) groups excluding carboxylic acids is 1. The van der Waals surface area contributed by atoms with Gasteiger partial charge in [0.2, 0.25) is 10.0 Å². The molecule has 3 heterocycles. The van der Waals surface area contributed by atoms with Crippen molar-refractivity contribution in [1.82, 2.24) is 9.88 Å². The Morgan fingerprint density at radius 3 is 2.15 bits per heavy atom. The van der Waals surface area contributed by atoms with Gasteiger partial charge in [-0.25, -0.2) is 17.2 Å². The van der Waals surface area contributed by atoms with Crippen LogP contribution in [0, 0.1) is 5.82 Å². The van der Waals surface area contributed by atoms with Crippen LogP contribution in [0.1, 0.15) is 34.3 Å². The van der Waals surface area contributed by atoms with Crippen molar-refractivity contribution in [2.24, 2.45) is 0 Å². The molecule has 11 heteroatoms. The highest BCUT2D eigenvalue weighted by Gasteiger charge is 2.27. The fourth-order valence-electron chi connectivity index (χ4n) is 7.55. The summed E-state index contributed by atoms with van der Waals surface area (Å²) in [5.74, 6) is -0.708. The summed E-state index contributed by atoms with van der Waals surface area (Å²) in [6.45, 7) is -0.394. The van der Waals surface area contributed by atoms with Gasteiger partial charge in [-0.15, -0.1) is 0 Å². The van der Waals surface area contributed by atoms with Gasteiger partial charge < -0.3 is 14.3 Å². The third-order valence-corrected chi connectivity index (χ3v) is 11.2. The van der Waals surface area contributed by atoms with E-state index in [0.717, 1.165) is 21.7 Å². The molecular weight excluding hydrogens is 709 g/mol. The SMILES string of the molecule is CS(=O)(=O)N(CCF)c1cc2oc3c4ccc(F)cc4[nH]c(=O)c3c2cc1-c1cccc(C(=O)N2CCC(=C(c3ccccc3)c3ccccc3)CC2)c1. The summed E-state index contributed by atoms with van der Waals surface area (Å²) in [5.41, 5.74) is 6.20. The number of amides is 1. The number of rotatable bonds is 8. The van der Waals surface area contributed by atoms with E-state index in [1.54, 1.807) is 30.3 Å². The van der Waals surface area contributed by atoms with E-state index in [1.807, 2.05) is 41.3 Å². The fourth-order valence-corrected chi connectivity index (χ4v) is 8.45. The number of aromatic amines is 1. The molecule has 1 fully saturated rings. The van der Waals surface area contributed by atoms with E-state index >= 15 is 0 Å². The quantitative estimate of drug-likeness (QED) is 0.168. The Hall–Kier alpha value is -6.07. The molecule has 272 valence electrons. The number of sulfonamides is 1. The lowest BCUT2D eigenvalue weighted by atomic mass is 9.88. The van der Waals surface area contributed by atoms with Gasteiger partial charge in [-0.05, 0) is 71.5 Å². The molecule has 0 radical (unpaired) electrons. The average molecular weight is 744 g/mol. The number of fused-ring (bicyclic) bond motifs is 5. The maximum Gasteiger partial charge on any atom is 0.260 e. The molecule has 1 saturated heterocycles. The van der Waals surface area contributed by atoms with Crippen LogP contribution in [0.3, 0.4) is 0 Å². The normalized spacial score (nSPS) is 13.5. The molecule has 0 spiro atoms. The van der Waals surface area contributed by atoms with E-state index in [-0.39, 0.29) is 33.7 Å². The smallest absolute Gasteiger partial charge is 0.260 e. The molecule has 5 aromatic carbocycles. The van der Waals surface area contributed by atoms with Gasteiger partial charge in [0.1, 0.15) is 23.7 Å². The van der Waals surface area contributed by atoms with Gasteiger partial charge in [-0.1, -0.05) is 78.4 Å². The van der Waals surface area contributed by atoms with Crippen LogP contribution in [0.15, 0.2) is 130 Å². The summed E-state index contributed by atoms with van der Waals surface area (Å²) in [7, 11) is -3.99. The maximum absolute atomic E-state index is 14.1. The summed E-state index contributed by atoms with van der Waals surface area (Å²) < 4.78 is 61.3. The zero-order valence-corrected chi connectivity index (χ0v) is 30.1. The number of carbonyl (C=O) groups is 1. The van der Waals surface area contributed by atoms with Crippen molar-refractivity contribution >= 4 is 60.0 Å². The van der Waals surface area contributed by atoms with Gasteiger partial charge in [0.15, 0.2) is 0 Å². The molecule has 0 aliphatic carbocycles. The van der Waals surface area contributed by atoms with Gasteiger partial charge in [0.25, 0.3) is 11.5 Å². The number of halogens is 2. The van der Waals surface area contributed by atoms with Crippen LogP contribution in [0.5, 0.6) is 0 Å². The minimum atomic E-state index is -3.99. The average Bonchev–Trinajstić information content (AvgIpc) is 3.56. The Morgan fingerprint density at radius 1 is 0.833 bits per heavy atom. The Bertz CT molecular complexity index is 2730. The summed E-state index contributed by atoms with van der Waals surface area (Å²) in [6.07, 6.45) is 2.38. The van der Waals surface area contributed by atoms with E-state index in [2.05, 4.69) is 29.2 Å². The lowest BCUT2D eigenvalue weighted by molar-refractivity contribution is 0.0744. The summed E-state index contributed by atoms with van der Waals surface area (Å²) in [6, 6.07) is 34.4. The number of hydrogen-bond donors (Lipinski definition) is 1. The number of pyridine rings is 1. The molecule has 0 saturated carbocycles. The minimum absolute atomic E-state index is 0.125. The van der Waals surface area contributed by atoms with Crippen molar-refractivity contribution < 1.29 is 26.4 Å². The highest BCUT2D eigenvalue weighted by Crippen LogP contribution is 2.41. The highest BCUT2D eigenvalue weighted by molar-refractivity contribution is 7.92. The van der Waals surface area contributed by atoms with Crippen molar-refractivity contribution in [3.8, 4) is 11.1 Å². The van der Waals surface area contributed by atoms with E-state index in [1.165, 1.54) is 35.4 Å². The highest BCUT2D eigenvalue weighted by atomic mass is 32.2. The number of likely N-dealkylation sites (tertiary alicyclic amines) is 1. The maximum atomic E-state index is 14.1. The second-order valence-corrected chi connectivity index (χ2v) is 15.3. The number of piperidine rings is 1. The largest absolute Gasteiger partial charge is 0.455 e. The Morgan fingerprint density at radius 2 is 1.50 bits per heavy atom. The number of hydrogen-bond acceptors (Lipinski definition) is 5. The third kappa shape index (κ3) is 6.45. The molecule has 8 nitrogen and oxygen atoms in total. The number of nitrogens with one attached hydrogen (secondary N) is 1. The molecule has 2 aromatic heterocycles. The lowest BCUT2D eigenvalue weighted by Crippen LogP contribution is -2.36. The number of anilines is 1. The number of benzene rings is 5. The number of furan rings is 1. The monoisotopic (exact) mass is 743 g/mol. The molecule has 1 amide bonds.